The Morgan fingerprint density at radius 2 is 1.94 bits per heavy atom. The number of nitrogens with zero attached hydrogens (tertiary/aromatic N) is 1. The van der Waals surface area contributed by atoms with Gasteiger partial charge in [0, 0.05) is 12.7 Å². The van der Waals surface area contributed by atoms with Gasteiger partial charge in [0.1, 0.15) is 6.04 Å². The highest BCUT2D eigenvalue weighted by molar-refractivity contribution is 6.40. The number of hydrogen-bond donors (Lipinski definition) is 2. The van der Waals surface area contributed by atoms with Gasteiger partial charge >= 0.3 is 0 Å². The molecule has 1 aromatic rings. The number of nitrogen functional groups attached to an aromatic ring is 1. The van der Waals surface area contributed by atoms with E-state index in [-0.39, 0.29) is 5.91 Å². The Labute approximate surface area is 116 Å². The van der Waals surface area contributed by atoms with Crippen LogP contribution in [-0.4, -0.2) is 31.2 Å². The smallest absolute Gasteiger partial charge is 0.243 e. The number of carbonyl (C=O) groups is 1. The minimum Gasteiger partial charge on any atom is -0.399 e. The molecule has 0 aliphatic carbocycles. The van der Waals surface area contributed by atoms with Gasteiger partial charge in [0.2, 0.25) is 5.91 Å². The molecule has 0 saturated heterocycles. The van der Waals surface area contributed by atoms with Crippen molar-refractivity contribution in [3.63, 3.8) is 0 Å². The van der Waals surface area contributed by atoms with Gasteiger partial charge in [-0.05, 0) is 19.1 Å². The van der Waals surface area contributed by atoms with Gasteiger partial charge in [-0.1, -0.05) is 23.2 Å². The molecule has 1 amide bonds. The highest BCUT2D eigenvalue weighted by Gasteiger charge is 2.20. The highest BCUT2D eigenvalue weighted by Crippen LogP contribution is 2.32. The molecule has 1 rings (SSSR count). The number of hydroxylamine groups is 2. The fraction of sp³-hybridized carbons (Fsp3) is 0.364. The first-order valence-electron chi connectivity index (χ1n) is 5.19. The van der Waals surface area contributed by atoms with Crippen molar-refractivity contribution >= 4 is 40.5 Å². The Hall–Kier alpha value is -1.01. The molecule has 100 valence electrons. The van der Waals surface area contributed by atoms with E-state index in [1.807, 2.05) is 0 Å². The number of anilines is 2. The van der Waals surface area contributed by atoms with E-state index in [1.165, 1.54) is 24.3 Å². The summed E-state index contributed by atoms with van der Waals surface area (Å²) in [6.45, 7) is 1.69. The molecule has 0 aliphatic heterocycles. The van der Waals surface area contributed by atoms with Gasteiger partial charge in [0.15, 0.2) is 0 Å². The third-order valence-corrected chi connectivity index (χ3v) is 3.12. The van der Waals surface area contributed by atoms with Crippen molar-refractivity contribution in [1.29, 1.82) is 0 Å². The van der Waals surface area contributed by atoms with Crippen LogP contribution >= 0.6 is 23.2 Å². The summed E-state index contributed by atoms with van der Waals surface area (Å²) < 4.78 is 0. The number of likely N-dealkylation sites (N-methyl/N-ethyl adjacent to an activating group) is 1. The Morgan fingerprint density at radius 1 is 1.44 bits per heavy atom. The van der Waals surface area contributed by atoms with E-state index in [1.54, 1.807) is 14.0 Å². The van der Waals surface area contributed by atoms with Crippen LogP contribution in [0.4, 0.5) is 11.4 Å². The summed E-state index contributed by atoms with van der Waals surface area (Å²) in [7, 11) is 3.13. The predicted octanol–water partition coefficient (Wildman–Crippen LogP) is 2.40. The van der Waals surface area contributed by atoms with Crippen LogP contribution in [0.15, 0.2) is 12.1 Å². The summed E-state index contributed by atoms with van der Waals surface area (Å²) in [6, 6.07) is 2.56. The molecular formula is C11H15Cl2N3O2. The standard InChI is InChI=1S/C11H15Cl2N3O2/c1-6(16(2)18-3)11(17)15-10-8(12)4-7(14)5-9(10)13/h4-6H,14H2,1-3H3,(H,15,17). The van der Waals surface area contributed by atoms with Crippen molar-refractivity contribution in [1.82, 2.24) is 5.06 Å². The lowest BCUT2D eigenvalue weighted by Crippen LogP contribution is -2.38. The zero-order valence-electron chi connectivity index (χ0n) is 10.3. The van der Waals surface area contributed by atoms with E-state index in [9.17, 15) is 4.79 Å². The molecule has 1 unspecified atom stereocenters. The quantitative estimate of drug-likeness (QED) is 0.660. The number of benzene rings is 1. The van der Waals surface area contributed by atoms with E-state index in [0.29, 0.717) is 21.4 Å². The lowest BCUT2D eigenvalue weighted by Gasteiger charge is -2.21. The lowest BCUT2D eigenvalue weighted by molar-refractivity contribution is -0.154. The SMILES string of the molecule is CON(C)C(C)C(=O)Nc1c(Cl)cc(N)cc1Cl. The minimum absolute atomic E-state index is 0.284. The third-order valence-electron chi connectivity index (χ3n) is 2.53. The summed E-state index contributed by atoms with van der Waals surface area (Å²) >= 11 is 11.9. The molecule has 0 heterocycles. The third kappa shape index (κ3) is 3.49. The van der Waals surface area contributed by atoms with Gasteiger partial charge in [-0.25, -0.2) is 0 Å². The van der Waals surface area contributed by atoms with E-state index in [0.717, 1.165) is 0 Å². The first kappa shape index (κ1) is 15.0. The van der Waals surface area contributed by atoms with Crippen molar-refractivity contribution in [2.45, 2.75) is 13.0 Å². The molecule has 0 radical (unpaired) electrons. The Kier molecular flexibility index (Phi) is 5.22. The first-order chi connectivity index (χ1) is 8.36. The summed E-state index contributed by atoms with van der Waals surface area (Å²) in [4.78, 5) is 16.9. The Morgan fingerprint density at radius 3 is 2.39 bits per heavy atom. The summed E-state index contributed by atoms with van der Waals surface area (Å²) in [5, 5.41) is 4.64. The maximum atomic E-state index is 11.9. The molecular weight excluding hydrogens is 277 g/mol. The van der Waals surface area contributed by atoms with E-state index >= 15 is 0 Å². The zero-order chi connectivity index (χ0) is 13.9. The van der Waals surface area contributed by atoms with Crippen LogP contribution in [0.3, 0.4) is 0 Å². The van der Waals surface area contributed by atoms with Crippen LogP contribution in [0, 0.1) is 0 Å². The normalized spacial score (nSPS) is 12.6. The molecule has 0 fully saturated rings. The summed E-state index contributed by atoms with van der Waals surface area (Å²) in [5.74, 6) is -0.284. The van der Waals surface area contributed by atoms with Crippen LogP contribution in [0.1, 0.15) is 6.92 Å². The predicted molar refractivity (Wildman–Crippen MR) is 73.7 cm³/mol. The van der Waals surface area contributed by atoms with Crippen LogP contribution in [0.25, 0.3) is 0 Å². The molecule has 0 bridgehead atoms. The van der Waals surface area contributed by atoms with Gasteiger partial charge in [-0.2, -0.15) is 5.06 Å². The molecule has 7 heteroatoms. The average Bonchev–Trinajstić information content (AvgIpc) is 2.31. The first-order valence-corrected chi connectivity index (χ1v) is 5.94. The van der Waals surface area contributed by atoms with Gasteiger partial charge < -0.3 is 15.9 Å². The van der Waals surface area contributed by atoms with Crippen molar-refractivity contribution in [2.24, 2.45) is 0 Å². The highest BCUT2D eigenvalue weighted by atomic mass is 35.5. The maximum Gasteiger partial charge on any atom is 0.243 e. The number of halogens is 2. The maximum absolute atomic E-state index is 11.9. The van der Waals surface area contributed by atoms with E-state index < -0.39 is 6.04 Å². The van der Waals surface area contributed by atoms with Crippen molar-refractivity contribution in [2.75, 3.05) is 25.2 Å². The number of nitrogens with one attached hydrogen (secondary N) is 1. The van der Waals surface area contributed by atoms with Crippen LogP contribution in [0.2, 0.25) is 10.0 Å². The van der Waals surface area contributed by atoms with Crippen LogP contribution in [0.5, 0.6) is 0 Å². The molecule has 18 heavy (non-hydrogen) atoms. The molecule has 1 atom stereocenters. The molecule has 0 aromatic heterocycles. The number of amides is 1. The summed E-state index contributed by atoms with van der Waals surface area (Å²) in [5.41, 5.74) is 6.36. The average molecular weight is 292 g/mol. The van der Waals surface area contributed by atoms with Crippen molar-refractivity contribution in [3.05, 3.63) is 22.2 Å². The zero-order valence-corrected chi connectivity index (χ0v) is 11.8. The fourth-order valence-electron chi connectivity index (χ4n) is 1.26. The number of nitrogens with two attached hydrogens (primary N) is 1. The molecule has 0 aliphatic rings. The van der Waals surface area contributed by atoms with E-state index in [4.69, 9.17) is 33.8 Å². The Balaban J connectivity index is 2.89. The number of rotatable bonds is 4. The monoisotopic (exact) mass is 291 g/mol. The second-order valence-corrected chi connectivity index (χ2v) is 4.57. The Bertz CT molecular complexity index is 431. The molecule has 0 spiro atoms. The lowest BCUT2D eigenvalue weighted by atomic mass is 10.2. The van der Waals surface area contributed by atoms with E-state index in [2.05, 4.69) is 5.32 Å². The van der Waals surface area contributed by atoms with Crippen LogP contribution in [-0.2, 0) is 9.63 Å². The topological polar surface area (TPSA) is 67.6 Å². The largest absolute Gasteiger partial charge is 0.399 e. The van der Waals surface area contributed by atoms with Gasteiger partial charge in [0.25, 0.3) is 0 Å². The van der Waals surface area contributed by atoms with Gasteiger partial charge in [-0.3, -0.25) is 4.79 Å². The van der Waals surface area contributed by atoms with Crippen LogP contribution < -0.4 is 11.1 Å². The number of hydrogen-bond acceptors (Lipinski definition) is 4. The molecule has 0 saturated carbocycles. The van der Waals surface area contributed by atoms with Gasteiger partial charge in [-0.15, -0.1) is 0 Å². The second-order valence-electron chi connectivity index (χ2n) is 3.75. The molecule has 1 aromatic carbocycles. The second kappa shape index (κ2) is 6.24. The van der Waals surface area contributed by atoms with Crippen molar-refractivity contribution in [3.8, 4) is 0 Å². The number of carbonyl (C=O) groups excluding carboxylic acids is 1. The minimum atomic E-state index is -0.486. The van der Waals surface area contributed by atoms with Gasteiger partial charge in [0.05, 0.1) is 22.8 Å². The molecule has 5 nitrogen and oxygen atoms in total. The summed E-state index contributed by atoms with van der Waals surface area (Å²) in [6.07, 6.45) is 0. The molecule has 3 N–H and O–H groups in total. The van der Waals surface area contributed by atoms with Crippen molar-refractivity contribution < 1.29 is 9.63 Å². The fourth-order valence-corrected chi connectivity index (χ4v) is 1.86.